The van der Waals surface area contributed by atoms with E-state index in [2.05, 4.69) is 26.7 Å². The predicted octanol–water partition coefficient (Wildman–Crippen LogP) is 2.11. The molecule has 1 saturated carbocycles. The summed E-state index contributed by atoms with van der Waals surface area (Å²) >= 11 is 0. The van der Waals surface area contributed by atoms with Gasteiger partial charge >= 0.3 is 0 Å². The van der Waals surface area contributed by atoms with Crippen LogP contribution in [0, 0.1) is 5.41 Å². The third-order valence-corrected chi connectivity index (χ3v) is 4.88. The number of imidazole rings is 1. The zero-order valence-corrected chi connectivity index (χ0v) is 13.1. The average Bonchev–Trinajstić information content (AvgIpc) is 3.10. The number of guanidine groups is 1. The first-order valence-electron chi connectivity index (χ1n) is 8.30. The number of rotatable bonds is 5. The van der Waals surface area contributed by atoms with Gasteiger partial charge in [-0.3, -0.25) is 4.99 Å². The summed E-state index contributed by atoms with van der Waals surface area (Å²) in [5, 5.41) is 3.46. The Morgan fingerprint density at radius 2 is 2.29 bits per heavy atom. The monoisotopic (exact) mass is 289 g/mol. The van der Waals surface area contributed by atoms with Crippen LogP contribution in [0.25, 0.3) is 0 Å². The van der Waals surface area contributed by atoms with Crippen LogP contribution in [0.5, 0.6) is 0 Å². The van der Waals surface area contributed by atoms with E-state index in [9.17, 15) is 0 Å². The summed E-state index contributed by atoms with van der Waals surface area (Å²) in [4.78, 5) is 11.4. The Labute approximate surface area is 127 Å². The van der Waals surface area contributed by atoms with Crippen molar-refractivity contribution >= 4 is 5.96 Å². The summed E-state index contributed by atoms with van der Waals surface area (Å²) in [6.45, 7) is 7.35. The van der Waals surface area contributed by atoms with E-state index in [0.29, 0.717) is 5.41 Å². The van der Waals surface area contributed by atoms with Crippen LogP contribution in [-0.2, 0) is 6.54 Å². The van der Waals surface area contributed by atoms with Crippen molar-refractivity contribution in [2.75, 3.05) is 26.2 Å². The molecule has 1 saturated heterocycles. The lowest BCUT2D eigenvalue weighted by molar-refractivity contribution is 0.151. The number of aromatic nitrogens is 2. The number of aliphatic imine (C=N–C) groups is 1. The molecule has 21 heavy (non-hydrogen) atoms. The highest BCUT2D eigenvalue weighted by Crippen LogP contribution is 2.47. The van der Waals surface area contributed by atoms with Crippen molar-refractivity contribution in [3.63, 3.8) is 0 Å². The first-order valence-corrected chi connectivity index (χ1v) is 8.30. The molecule has 1 N–H and O–H groups in total. The number of nitrogens with one attached hydrogen (secondary N) is 1. The van der Waals surface area contributed by atoms with Crippen LogP contribution in [-0.4, -0.2) is 46.6 Å². The molecule has 5 nitrogen and oxygen atoms in total. The van der Waals surface area contributed by atoms with Crippen molar-refractivity contribution in [3.8, 4) is 0 Å². The zero-order chi connectivity index (χ0) is 14.5. The molecule has 2 fully saturated rings. The van der Waals surface area contributed by atoms with E-state index in [1.54, 1.807) is 0 Å². The fraction of sp³-hybridized carbons (Fsp3) is 0.750. The van der Waals surface area contributed by atoms with Gasteiger partial charge in [0.25, 0.3) is 0 Å². The van der Waals surface area contributed by atoms with Crippen LogP contribution in [0.1, 0.15) is 39.0 Å². The van der Waals surface area contributed by atoms with Gasteiger partial charge in [-0.05, 0) is 38.0 Å². The van der Waals surface area contributed by atoms with Gasteiger partial charge in [0.2, 0.25) is 0 Å². The number of hydrogen-bond acceptors (Lipinski definition) is 2. The van der Waals surface area contributed by atoms with Crippen molar-refractivity contribution in [1.82, 2.24) is 19.8 Å². The zero-order valence-electron chi connectivity index (χ0n) is 13.1. The maximum Gasteiger partial charge on any atom is 0.193 e. The highest BCUT2D eigenvalue weighted by atomic mass is 15.3. The molecule has 0 atom stereocenters. The van der Waals surface area contributed by atoms with Crippen molar-refractivity contribution in [2.45, 2.75) is 45.6 Å². The number of nitrogens with zero attached hydrogens (tertiary/aromatic N) is 4. The van der Waals surface area contributed by atoms with Crippen molar-refractivity contribution in [1.29, 1.82) is 0 Å². The van der Waals surface area contributed by atoms with Crippen LogP contribution in [0.4, 0.5) is 0 Å². The number of hydrogen-bond donors (Lipinski definition) is 1. The van der Waals surface area contributed by atoms with E-state index in [1.807, 2.05) is 18.7 Å². The van der Waals surface area contributed by atoms with E-state index < -0.39 is 0 Å². The first-order chi connectivity index (χ1) is 10.3. The van der Waals surface area contributed by atoms with E-state index in [4.69, 9.17) is 4.99 Å². The smallest absolute Gasteiger partial charge is 0.193 e. The van der Waals surface area contributed by atoms with Crippen LogP contribution < -0.4 is 5.32 Å². The Bertz CT molecular complexity index is 461. The summed E-state index contributed by atoms with van der Waals surface area (Å²) in [5.74, 6) is 1.12. The van der Waals surface area contributed by atoms with Gasteiger partial charge in [-0.25, -0.2) is 4.98 Å². The first kappa shape index (κ1) is 14.4. The Morgan fingerprint density at radius 1 is 1.38 bits per heavy atom. The van der Waals surface area contributed by atoms with Gasteiger partial charge in [-0.2, -0.15) is 0 Å². The van der Waals surface area contributed by atoms with E-state index in [0.717, 1.165) is 32.0 Å². The van der Waals surface area contributed by atoms with Crippen LogP contribution >= 0.6 is 0 Å². The summed E-state index contributed by atoms with van der Waals surface area (Å²) in [6.07, 6.45) is 12.4. The molecule has 0 unspecified atom stereocenters. The Hall–Kier alpha value is -1.52. The molecule has 0 radical (unpaired) electrons. The van der Waals surface area contributed by atoms with Gasteiger partial charge in [0.1, 0.15) is 0 Å². The minimum Gasteiger partial charge on any atom is -0.357 e. The largest absolute Gasteiger partial charge is 0.357 e. The fourth-order valence-corrected chi connectivity index (χ4v) is 3.48. The molecular formula is C16H27N5. The summed E-state index contributed by atoms with van der Waals surface area (Å²) in [6, 6.07) is 0. The topological polar surface area (TPSA) is 45.5 Å². The second-order valence-corrected chi connectivity index (χ2v) is 6.41. The minimum absolute atomic E-state index is 0.632. The van der Waals surface area contributed by atoms with Gasteiger partial charge in [-0.15, -0.1) is 0 Å². The van der Waals surface area contributed by atoms with E-state index >= 15 is 0 Å². The maximum atomic E-state index is 4.82. The van der Waals surface area contributed by atoms with Crippen LogP contribution in [0.2, 0.25) is 0 Å². The molecule has 1 aliphatic carbocycles. The third kappa shape index (κ3) is 3.39. The van der Waals surface area contributed by atoms with Gasteiger partial charge in [0.05, 0.1) is 6.33 Å². The molecular weight excluding hydrogens is 262 g/mol. The average molecular weight is 289 g/mol. The van der Waals surface area contributed by atoms with Gasteiger partial charge < -0.3 is 14.8 Å². The normalized spacial score (nSPS) is 20.8. The fourth-order valence-electron chi connectivity index (χ4n) is 3.48. The molecule has 1 aromatic rings. The van der Waals surface area contributed by atoms with Crippen molar-refractivity contribution < 1.29 is 0 Å². The van der Waals surface area contributed by atoms with Crippen LogP contribution in [0.15, 0.2) is 23.7 Å². The molecule has 1 aliphatic heterocycles. The van der Waals surface area contributed by atoms with E-state index in [-0.39, 0.29) is 0 Å². The predicted molar refractivity (Wildman–Crippen MR) is 85.3 cm³/mol. The molecule has 1 aromatic heterocycles. The molecule has 0 amide bonds. The Morgan fingerprint density at radius 3 is 2.90 bits per heavy atom. The van der Waals surface area contributed by atoms with Crippen molar-refractivity contribution in [3.05, 3.63) is 18.7 Å². The van der Waals surface area contributed by atoms with E-state index in [1.165, 1.54) is 38.8 Å². The van der Waals surface area contributed by atoms with Gasteiger partial charge in [0, 0.05) is 45.1 Å². The summed E-state index contributed by atoms with van der Waals surface area (Å²) in [5.41, 5.74) is 0.632. The number of likely N-dealkylation sites (tertiary alicyclic amines) is 1. The lowest BCUT2D eigenvalue weighted by Crippen LogP contribution is -2.42. The quantitative estimate of drug-likeness (QED) is 0.513. The Kier molecular flexibility index (Phi) is 4.46. The molecule has 1 spiro atoms. The van der Waals surface area contributed by atoms with Gasteiger partial charge in [0.15, 0.2) is 5.96 Å². The minimum atomic E-state index is 0.632. The van der Waals surface area contributed by atoms with Crippen LogP contribution in [0.3, 0.4) is 0 Å². The highest BCUT2D eigenvalue weighted by Gasteiger charge is 2.43. The standard InChI is InChI=1S/C16H27N5/c1-2-18-15(19-8-4-10-20-12-9-17-14-20)21-11-7-16(13-21)5-3-6-16/h9,12,14H,2-8,10-11,13H2,1H3,(H,18,19). The number of aryl methyl sites for hydroxylation is 1. The highest BCUT2D eigenvalue weighted by molar-refractivity contribution is 5.80. The molecule has 116 valence electrons. The SMILES string of the molecule is CCNC(=NCCCn1ccnc1)N1CCC2(CCC2)C1. The maximum absolute atomic E-state index is 4.82. The molecule has 0 bridgehead atoms. The molecule has 2 heterocycles. The Balaban J connectivity index is 1.50. The molecule has 2 aliphatic rings. The third-order valence-electron chi connectivity index (χ3n) is 4.88. The second-order valence-electron chi connectivity index (χ2n) is 6.41. The lowest BCUT2D eigenvalue weighted by atomic mass is 9.68. The summed E-state index contributed by atoms with van der Waals surface area (Å²) in [7, 11) is 0. The van der Waals surface area contributed by atoms with Gasteiger partial charge in [-0.1, -0.05) is 6.42 Å². The summed E-state index contributed by atoms with van der Waals surface area (Å²) < 4.78 is 2.11. The second kappa shape index (κ2) is 6.50. The van der Waals surface area contributed by atoms with Crippen molar-refractivity contribution in [2.24, 2.45) is 10.4 Å². The molecule has 5 heteroatoms. The lowest BCUT2D eigenvalue weighted by Gasteiger charge is -2.38. The molecule has 0 aromatic carbocycles. The molecule has 3 rings (SSSR count).